The summed E-state index contributed by atoms with van der Waals surface area (Å²) in [6.45, 7) is 9.98. The van der Waals surface area contributed by atoms with Crippen LogP contribution in [0.3, 0.4) is 0 Å². The Kier molecular flexibility index (Phi) is 7.80. The minimum absolute atomic E-state index is 0. The SMILES string of the molecule is CCN=C(NC(C)CCS(C)(=O)=O)NC1C2CCOC2C1(C)C.I. The molecule has 0 aromatic carbocycles. The van der Waals surface area contributed by atoms with E-state index < -0.39 is 9.84 Å². The molecule has 0 bridgehead atoms. The molecule has 0 aromatic heterocycles. The lowest BCUT2D eigenvalue weighted by molar-refractivity contribution is -0.106. The van der Waals surface area contributed by atoms with Crippen molar-refractivity contribution < 1.29 is 13.2 Å². The third-order valence-electron chi connectivity index (χ3n) is 5.01. The normalized spacial score (nSPS) is 29.9. The van der Waals surface area contributed by atoms with Gasteiger partial charge in [0.15, 0.2) is 5.96 Å². The van der Waals surface area contributed by atoms with E-state index in [1.54, 1.807) is 0 Å². The number of hydrogen-bond acceptors (Lipinski definition) is 4. The van der Waals surface area contributed by atoms with E-state index in [4.69, 9.17) is 4.74 Å². The lowest BCUT2D eigenvalue weighted by atomic mass is 9.57. The van der Waals surface area contributed by atoms with Gasteiger partial charge in [0, 0.05) is 42.8 Å². The van der Waals surface area contributed by atoms with Crippen molar-refractivity contribution in [2.75, 3.05) is 25.2 Å². The van der Waals surface area contributed by atoms with Crippen molar-refractivity contribution >= 4 is 39.8 Å². The zero-order valence-electron chi connectivity index (χ0n) is 15.3. The number of rotatable bonds is 6. The van der Waals surface area contributed by atoms with Crippen LogP contribution in [0.2, 0.25) is 0 Å². The maximum atomic E-state index is 11.3. The van der Waals surface area contributed by atoms with Crippen molar-refractivity contribution in [1.82, 2.24) is 10.6 Å². The number of fused-ring (bicyclic) bond motifs is 1. The van der Waals surface area contributed by atoms with E-state index in [2.05, 4.69) is 29.5 Å². The molecule has 1 saturated carbocycles. The number of nitrogens with zero attached hydrogens (tertiary/aromatic N) is 1. The smallest absolute Gasteiger partial charge is 0.191 e. The van der Waals surface area contributed by atoms with Crippen LogP contribution in [0.4, 0.5) is 0 Å². The third-order valence-corrected chi connectivity index (χ3v) is 5.99. The maximum Gasteiger partial charge on any atom is 0.191 e. The molecule has 6 nitrogen and oxygen atoms in total. The number of halogens is 1. The average molecular weight is 473 g/mol. The molecule has 4 unspecified atom stereocenters. The van der Waals surface area contributed by atoms with Crippen LogP contribution in [0.5, 0.6) is 0 Å². The van der Waals surface area contributed by atoms with Gasteiger partial charge in [-0.1, -0.05) is 13.8 Å². The fourth-order valence-corrected chi connectivity index (χ4v) is 4.53. The van der Waals surface area contributed by atoms with Gasteiger partial charge in [0.1, 0.15) is 9.84 Å². The molecule has 142 valence electrons. The van der Waals surface area contributed by atoms with E-state index in [-0.39, 0.29) is 41.2 Å². The fraction of sp³-hybridized carbons (Fsp3) is 0.938. The van der Waals surface area contributed by atoms with Crippen molar-refractivity contribution in [1.29, 1.82) is 0 Å². The summed E-state index contributed by atoms with van der Waals surface area (Å²) in [6, 6.07) is 0.399. The van der Waals surface area contributed by atoms with Gasteiger partial charge in [-0.25, -0.2) is 8.42 Å². The van der Waals surface area contributed by atoms with Crippen LogP contribution in [0.25, 0.3) is 0 Å². The number of sulfone groups is 1. The zero-order chi connectivity index (χ0) is 17.3. The minimum atomic E-state index is -2.93. The van der Waals surface area contributed by atoms with Gasteiger partial charge < -0.3 is 15.4 Å². The first kappa shape index (κ1) is 22.0. The first-order valence-electron chi connectivity index (χ1n) is 8.52. The second-order valence-corrected chi connectivity index (χ2v) is 9.73. The molecule has 0 amide bonds. The van der Waals surface area contributed by atoms with Gasteiger partial charge in [-0.15, -0.1) is 24.0 Å². The minimum Gasteiger partial charge on any atom is -0.377 e. The summed E-state index contributed by atoms with van der Waals surface area (Å²) in [5, 5.41) is 6.89. The van der Waals surface area contributed by atoms with E-state index in [0.29, 0.717) is 31.0 Å². The summed E-state index contributed by atoms with van der Waals surface area (Å²) in [6.07, 6.45) is 3.28. The van der Waals surface area contributed by atoms with E-state index in [1.165, 1.54) is 6.26 Å². The molecular weight excluding hydrogens is 441 g/mol. The Morgan fingerprint density at radius 1 is 1.42 bits per heavy atom. The molecule has 0 radical (unpaired) electrons. The van der Waals surface area contributed by atoms with E-state index in [1.807, 2.05) is 13.8 Å². The summed E-state index contributed by atoms with van der Waals surface area (Å²) < 4.78 is 28.4. The molecule has 0 spiro atoms. The maximum absolute atomic E-state index is 11.3. The number of guanidine groups is 1. The molecule has 2 rings (SSSR count). The largest absolute Gasteiger partial charge is 0.377 e. The van der Waals surface area contributed by atoms with Crippen molar-refractivity contribution in [3.63, 3.8) is 0 Å². The first-order valence-corrected chi connectivity index (χ1v) is 10.6. The van der Waals surface area contributed by atoms with Gasteiger partial charge in [-0.3, -0.25) is 4.99 Å². The molecule has 2 N–H and O–H groups in total. The molecule has 0 aromatic rings. The Balaban J connectivity index is 0.00000288. The number of ether oxygens (including phenoxy) is 1. The van der Waals surface area contributed by atoms with Gasteiger partial charge in [0.25, 0.3) is 0 Å². The molecule has 1 aliphatic carbocycles. The Labute approximate surface area is 163 Å². The highest BCUT2D eigenvalue weighted by atomic mass is 127. The Bertz CT molecular complexity index is 551. The summed E-state index contributed by atoms with van der Waals surface area (Å²) in [5.41, 5.74) is 0.0906. The monoisotopic (exact) mass is 473 g/mol. The van der Waals surface area contributed by atoms with Gasteiger partial charge in [-0.05, 0) is 26.7 Å². The van der Waals surface area contributed by atoms with Crippen LogP contribution >= 0.6 is 24.0 Å². The van der Waals surface area contributed by atoms with Crippen molar-refractivity contribution in [3.05, 3.63) is 0 Å². The molecule has 1 aliphatic heterocycles. The van der Waals surface area contributed by atoms with Gasteiger partial charge in [-0.2, -0.15) is 0 Å². The summed E-state index contributed by atoms with van der Waals surface area (Å²) in [7, 11) is -2.93. The molecular formula is C16H32IN3O3S. The molecule has 24 heavy (non-hydrogen) atoms. The highest BCUT2D eigenvalue weighted by Crippen LogP contribution is 2.52. The Morgan fingerprint density at radius 2 is 2.08 bits per heavy atom. The van der Waals surface area contributed by atoms with Crippen LogP contribution < -0.4 is 10.6 Å². The van der Waals surface area contributed by atoms with Crippen LogP contribution in [-0.2, 0) is 14.6 Å². The van der Waals surface area contributed by atoms with Crippen LogP contribution in [0, 0.1) is 11.3 Å². The van der Waals surface area contributed by atoms with Crippen molar-refractivity contribution in [2.24, 2.45) is 16.3 Å². The second-order valence-electron chi connectivity index (χ2n) is 7.47. The van der Waals surface area contributed by atoms with Crippen molar-refractivity contribution in [3.8, 4) is 0 Å². The van der Waals surface area contributed by atoms with Gasteiger partial charge >= 0.3 is 0 Å². The third kappa shape index (κ3) is 5.20. The fourth-order valence-electron chi connectivity index (χ4n) is 3.75. The standard InChI is InChI=1S/C16H31N3O3S.HI/c1-6-17-15(18-11(2)8-10-23(5,20)21)19-13-12-7-9-22-14(12)16(13,3)4;/h11-14H,6-10H2,1-5H3,(H2,17,18,19);1H. The summed E-state index contributed by atoms with van der Waals surface area (Å²) in [4.78, 5) is 4.51. The van der Waals surface area contributed by atoms with E-state index in [0.717, 1.165) is 19.0 Å². The van der Waals surface area contributed by atoms with Crippen LogP contribution in [0.1, 0.15) is 40.5 Å². The molecule has 1 saturated heterocycles. The highest BCUT2D eigenvalue weighted by Gasteiger charge is 2.59. The lowest BCUT2D eigenvalue weighted by Gasteiger charge is -2.55. The Morgan fingerprint density at radius 3 is 2.67 bits per heavy atom. The summed E-state index contributed by atoms with van der Waals surface area (Å²) >= 11 is 0. The molecule has 4 atom stereocenters. The molecule has 2 aliphatic rings. The molecule has 8 heteroatoms. The summed E-state index contributed by atoms with van der Waals surface area (Å²) in [5.74, 6) is 1.51. The van der Waals surface area contributed by atoms with Gasteiger partial charge in [0.2, 0.25) is 0 Å². The quantitative estimate of drug-likeness (QED) is 0.350. The lowest BCUT2D eigenvalue weighted by Crippen LogP contribution is -2.68. The predicted molar refractivity (Wildman–Crippen MR) is 109 cm³/mol. The molecule has 2 fully saturated rings. The highest BCUT2D eigenvalue weighted by molar-refractivity contribution is 14.0. The van der Waals surface area contributed by atoms with Crippen LogP contribution in [0.15, 0.2) is 4.99 Å². The second kappa shape index (κ2) is 8.53. The Hall–Kier alpha value is -0.0900. The van der Waals surface area contributed by atoms with Crippen molar-refractivity contribution in [2.45, 2.75) is 58.7 Å². The first-order chi connectivity index (χ1) is 10.6. The van der Waals surface area contributed by atoms with Gasteiger partial charge in [0.05, 0.1) is 11.9 Å². The average Bonchev–Trinajstić information content (AvgIpc) is 2.89. The number of hydrogen-bond donors (Lipinski definition) is 2. The van der Waals surface area contributed by atoms with Crippen LogP contribution in [-0.4, -0.2) is 57.7 Å². The zero-order valence-corrected chi connectivity index (χ0v) is 18.5. The van der Waals surface area contributed by atoms with E-state index >= 15 is 0 Å². The predicted octanol–water partition coefficient (Wildman–Crippen LogP) is 1.80. The topological polar surface area (TPSA) is 79.8 Å². The number of nitrogens with one attached hydrogen (secondary N) is 2. The molecule has 1 heterocycles. The van der Waals surface area contributed by atoms with E-state index in [9.17, 15) is 8.42 Å². The number of aliphatic imine (C=N–C) groups is 1.